The maximum absolute atomic E-state index is 14.2. The van der Waals surface area contributed by atoms with Gasteiger partial charge in [0.2, 0.25) is 5.79 Å². The molecular formula is C49H75NO10. The Labute approximate surface area is 359 Å². The predicted octanol–water partition coefficient (Wildman–Crippen LogP) is 7.96. The highest BCUT2D eigenvalue weighted by Crippen LogP contribution is 2.37. The molecule has 0 spiro atoms. The maximum Gasteiger partial charge on any atom is 0.329 e. The highest BCUT2D eigenvalue weighted by atomic mass is 16.6. The molecule has 0 radical (unpaired) electrons. The number of carbonyl (C=O) groups excluding carboxylic acids is 5. The normalized spacial score (nSPS) is 39.0. The molecule has 0 aromatic heterocycles. The minimum Gasteiger partial charge on any atom is -0.460 e. The third-order valence-electron chi connectivity index (χ3n) is 13.7. The van der Waals surface area contributed by atoms with Gasteiger partial charge in [-0.25, -0.2) is 4.79 Å². The first-order chi connectivity index (χ1) is 28.4. The number of aliphatic hydroxyl groups is 2. The van der Waals surface area contributed by atoms with Crippen molar-refractivity contribution in [2.45, 2.75) is 181 Å². The van der Waals surface area contributed by atoms with Crippen LogP contribution in [0.25, 0.3) is 0 Å². The molecule has 0 aromatic carbocycles. The van der Waals surface area contributed by atoms with Gasteiger partial charge < -0.3 is 29.3 Å². The molecule has 2 bridgehead atoms. The van der Waals surface area contributed by atoms with Crippen molar-refractivity contribution in [3.8, 4) is 0 Å². The van der Waals surface area contributed by atoms with Gasteiger partial charge in [-0.3, -0.25) is 19.2 Å². The lowest BCUT2D eigenvalue weighted by molar-refractivity contribution is -0.263. The first kappa shape index (κ1) is 49.4. The summed E-state index contributed by atoms with van der Waals surface area (Å²) in [7, 11) is 1.72. The van der Waals surface area contributed by atoms with Crippen LogP contribution in [0.3, 0.4) is 0 Å². The Balaban J connectivity index is 1.63. The molecule has 11 nitrogen and oxygen atoms in total. The second-order valence-corrected chi connectivity index (χ2v) is 18.8. The number of piperidine rings is 1. The summed E-state index contributed by atoms with van der Waals surface area (Å²) in [6.07, 6.45) is 18.4. The minimum absolute atomic E-state index is 0.0430. The van der Waals surface area contributed by atoms with Crippen molar-refractivity contribution in [2.24, 2.45) is 35.5 Å². The molecule has 1 saturated carbocycles. The van der Waals surface area contributed by atoms with Gasteiger partial charge in [-0.1, -0.05) is 89.5 Å². The van der Waals surface area contributed by atoms with Crippen LogP contribution in [0.2, 0.25) is 0 Å². The number of amides is 1. The molecule has 1 amide bonds. The summed E-state index contributed by atoms with van der Waals surface area (Å²) in [5, 5.41) is 22.9. The molecule has 2 N–H and O–H groups in total. The average Bonchev–Trinajstić information content (AvgIpc) is 3.22. The molecule has 336 valence electrons. The number of esters is 1. The lowest BCUT2D eigenvalue weighted by Crippen LogP contribution is -2.60. The van der Waals surface area contributed by atoms with Gasteiger partial charge in [0, 0.05) is 44.2 Å². The summed E-state index contributed by atoms with van der Waals surface area (Å²) in [6.45, 7) is 13.3. The summed E-state index contributed by atoms with van der Waals surface area (Å²) in [6, 6.07) is -1.06. The number of allylic oxidation sites excluding steroid dienone is 7. The first-order valence-electron chi connectivity index (χ1n) is 22.8. The monoisotopic (exact) mass is 838 g/mol. The number of nitrogens with zero attached hydrogens (tertiary/aromatic N) is 1. The number of methoxy groups -OCH3 is 1. The Hall–Kier alpha value is -3.25. The number of aliphatic hydroxyl groups excluding tert-OH is 1. The minimum atomic E-state index is -2.33. The van der Waals surface area contributed by atoms with Crippen LogP contribution < -0.4 is 0 Å². The third-order valence-corrected chi connectivity index (χ3v) is 13.7. The number of rotatable bonds is 4. The third kappa shape index (κ3) is 13.9. The van der Waals surface area contributed by atoms with Crippen LogP contribution in [0.5, 0.6) is 0 Å². The zero-order chi connectivity index (χ0) is 44.1. The Bertz CT molecular complexity index is 1610. The molecule has 4 rings (SSSR count). The number of ether oxygens (including phenoxy) is 3. The van der Waals surface area contributed by atoms with E-state index in [-0.39, 0.29) is 61.2 Å². The van der Waals surface area contributed by atoms with E-state index in [0.29, 0.717) is 62.9 Å². The fourth-order valence-electron chi connectivity index (χ4n) is 9.49. The Morgan fingerprint density at radius 3 is 2.37 bits per heavy atom. The summed E-state index contributed by atoms with van der Waals surface area (Å²) >= 11 is 0. The average molecular weight is 838 g/mol. The zero-order valence-electron chi connectivity index (χ0n) is 37.7. The van der Waals surface area contributed by atoms with Crippen LogP contribution in [-0.4, -0.2) is 94.2 Å². The summed E-state index contributed by atoms with van der Waals surface area (Å²) in [5.74, 6) is -6.54. The van der Waals surface area contributed by atoms with E-state index in [9.17, 15) is 34.2 Å². The van der Waals surface area contributed by atoms with E-state index in [1.54, 1.807) is 34.0 Å². The molecule has 11 heteroatoms. The number of ketones is 3. The van der Waals surface area contributed by atoms with Crippen molar-refractivity contribution < 1.29 is 48.4 Å². The molecule has 2 saturated heterocycles. The van der Waals surface area contributed by atoms with Crippen molar-refractivity contribution in [1.29, 1.82) is 0 Å². The topological polar surface area (TPSA) is 157 Å². The van der Waals surface area contributed by atoms with Crippen LogP contribution in [0.4, 0.5) is 0 Å². The van der Waals surface area contributed by atoms with Crippen molar-refractivity contribution in [3.63, 3.8) is 0 Å². The summed E-state index contributed by atoms with van der Waals surface area (Å²) < 4.78 is 18.1. The quantitative estimate of drug-likeness (QED) is 0.162. The SMILES string of the molecule is CO[C@H]1CCC[C@@H](C[C@@H](C)[C@@H]2CC(=O)[C@H](C)/C=C(\C)[C@@H](O)CC(=O)[C@H](C)C[C@H](C)/C=C/C=C/C=C(\C)CC[C@@H]3CC[C@@H](C)[C@@](O)(O3)C(=O)C(=O)N3CCCCC3C(=O)O2)C1. The molecular weight excluding hydrogens is 763 g/mol. The van der Waals surface area contributed by atoms with E-state index >= 15 is 0 Å². The van der Waals surface area contributed by atoms with E-state index in [0.717, 1.165) is 31.3 Å². The lowest BCUT2D eigenvalue weighted by Gasteiger charge is -2.42. The fraction of sp³-hybridized carbons (Fsp3) is 0.735. The maximum atomic E-state index is 14.2. The molecule has 3 fully saturated rings. The van der Waals surface area contributed by atoms with E-state index in [1.807, 2.05) is 45.1 Å². The summed E-state index contributed by atoms with van der Waals surface area (Å²) in [5.41, 5.74) is 1.62. The Morgan fingerprint density at radius 2 is 1.63 bits per heavy atom. The molecule has 0 aromatic rings. The van der Waals surface area contributed by atoms with Gasteiger partial charge in [0.05, 0.1) is 18.3 Å². The molecule has 12 atom stereocenters. The molecule has 1 unspecified atom stereocenters. The second kappa shape index (κ2) is 23.3. The number of fused-ring (bicyclic) bond motifs is 3. The van der Waals surface area contributed by atoms with Crippen molar-refractivity contribution in [3.05, 3.63) is 47.6 Å². The number of hydrogen-bond acceptors (Lipinski definition) is 10. The van der Waals surface area contributed by atoms with Gasteiger partial charge in [-0.15, -0.1) is 0 Å². The van der Waals surface area contributed by atoms with Gasteiger partial charge >= 0.3 is 5.97 Å². The molecule has 4 aliphatic rings. The second-order valence-electron chi connectivity index (χ2n) is 18.8. The molecule has 60 heavy (non-hydrogen) atoms. The van der Waals surface area contributed by atoms with Crippen LogP contribution in [0.15, 0.2) is 47.6 Å². The van der Waals surface area contributed by atoms with Crippen molar-refractivity contribution in [2.75, 3.05) is 13.7 Å². The van der Waals surface area contributed by atoms with Gasteiger partial charge in [0.15, 0.2) is 0 Å². The molecule has 3 heterocycles. The first-order valence-corrected chi connectivity index (χ1v) is 22.8. The number of Topliss-reactive ketones (excluding diaryl/α,β-unsaturated/α-hetero) is 3. The van der Waals surface area contributed by atoms with E-state index in [1.165, 1.54) is 4.90 Å². The van der Waals surface area contributed by atoms with Crippen LogP contribution in [0.1, 0.15) is 145 Å². The number of cyclic esters (lactones) is 1. The van der Waals surface area contributed by atoms with Gasteiger partial charge in [-0.05, 0) is 108 Å². The van der Waals surface area contributed by atoms with Crippen LogP contribution >= 0.6 is 0 Å². The zero-order valence-corrected chi connectivity index (χ0v) is 37.7. The number of carbonyl (C=O) groups is 5. The smallest absolute Gasteiger partial charge is 0.329 e. The van der Waals surface area contributed by atoms with E-state index < -0.39 is 59.6 Å². The van der Waals surface area contributed by atoms with Crippen LogP contribution in [-0.2, 0) is 38.2 Å². The van der Waals surface area contributed by atoms with Gasteiger partial charge in [0.1, 0.15) is 23.7 Å². The van der Waals surface area contributed by atoms with Crippen molar-refractivity contribution in [1.82, 2.24) is 4.90 Å². The van der Waals surface area contributed by atoms with Crippen LogP contribution in [0, 0.1) is 35.5 Å². The van der Waals surface area contributed by atoms with Crippen molar-refractivity contribution >= 4 is 29.2 Å². The molecule has 1 aliphatic carbocycles. The number of hydrogen-bond donors (Lipinski definition) is 2. The lowest BCUT2D eigenvalue weighted by atomic mass is 9.79. The van der Waals surface area contributed by atoms with Gasteiger partial charge in [-0.2, -0.15) is 0 Å². The highest BCUT2D eigenvalue weighted by molar-refractivity contribution is 6.39. The standard InChI is InChI=1S/C49H75NO10/c1-31-15-10-9-11-16-32(2)25-33(3)42(51)29-43(52)34(4)26-35(5)44(53)30-45(36(6)27-38-17-14-18-40(28-38)58-8)59-48(56)41-19-12-13-24-50(41)47(55)46(54)49(57)37(7)21-23-39(60-49)22-20-31/h9-11,15-16,26,32-33,35-41,43,45,52,57H,12-14,17-25,27-30H2,1-8H3/b10-9+,16-11+,31-15+,34-26+/t32-,33-,35-,36-,37-,38+,39-,40+,41?,43+,45+,49-/m1/s1. The molecule has 3 aliphatic heterocycles. The largest absolute Gasteiger partial charge is 0.460 e. The Kier molecular flexibility index (Phi) is 19.2. The van der Waals surface area contributed by atoms with E-state index in [4.69, 9.17) is 14.2 Å². The summed E-state index contributed by atoms with van der Waals surface area (Å²) in [4.78, 5) is 70.8. The Morgan fingerprint density at radius 1 is 0.883 bits per heavy atom. The fourth-order valence-corrected chi connectivity index (χ4v) is 9.49. The van der Waals surface area contributed by atoms with Gasteiger partial charge in [0.25, 0.3) is 11.7 Å². The highest BCUT2D eigenvalue weighted by Gasteiger charge is 2.52. The predicted molar refractivity (Wildman–Crippen MR) is 231 cm³/mol. The van der Waals surface area contributed by atoms with E-state index in [2.05, 4.69) is 13.0 Å².